The van der Waals surface area contributed by atoms with E-state index in [1.165, 1.54) is 6.07 Å². The molecule has 3 N–H and O–H groups in total. The average molecular weight is 509 g/mol. The first-order chi connectivity index (χ1) is 17.4. The third-order valence-electron chi connectivity index (χ3n) is 6.46. The molecule has 0 spiro atoms. The number of nitrogens with two attached hydrogens (primary N) is 1. The molecule has 0 bridgehead atoms. The van der Waals surface area contributed by atoms with Gasteiger partial charge >= 0.3 is 0 Å². The summed E-state index contributed by atoms with van der Waals surface area (Å²) in [4.78, 5) is 28.9. The van der Waals surface area contributed by atoms with Gasteiger partial charge < -0.3 is 20.4 Å². The van der Waals surface area contributed by atoms with Crippen LogP contribution in [0.25, 0.3) is 11.0 Å². The number of ether oxygens (including phenoxy) is 1. The molecule has 1 amide bonds. The maximum absolute atomic E-state index is 14.9. The van der Waals surface area contributed by atoms with Gasteiger partial charge in [0.2, 0.25) is 5.91 Å². The number of rotatable bonds is 7. The zero-order valence-corrected chi connectivity index (χ0v) is 21.1. The number of pyridine rings is 1. The molecule has 1 fully saturated rings. The molecule has 10 heteroatoms. The highest BCUT2D eigenvalue weighted by atomic mass is 32.1. The second-order valence-electron chi connectivity index (χ2n) is 9.14. The van der Waals surface area contributed by atoms with Crippen molar-refractivity contribution < 1.29 is 13.9 Å². The molecule has 1 aliphatic rings. The number of amides is 1. The Morgan fingerprint density at radius 2 is 2.03 bits per heavy atom. The highest BCUT2D eigenvalue weighted by Crippen LogP contribution is 2.32. The molecule has 188 valence electrons. The van der Waals surface area contributed by atoms with Crippen LogP contribution in [-0.4, -0.2) is 62.9 Å². The van der Waals surface area contributed by atoms with E-state index in [0.29, 0.717) is 30.0 Å². The average Bonchev–Trinajstić information content (AvgIpc) is 3.46. The first kappa shape index (κ1) is 24.4. The van der Waals surface area contributed by atoms with E-state index in [0.717, 1.165) is 41.3 Å². The van der Waals surface area contributed by atoms with Crippen LogP contribution in [0.1, 0.15) is 21.8 Å². The van der Waals surface area contributed by atoms with Crippen LogP contribution in [0.15, 0.2) is 42.0 Å². The van der Waals surface area contributed by atoms with Crippen LogP contribution in [-0.2, 0) is 17.8 Å². The first-order valence-electron chi connectivity index (χ1n) is 11.9. The molecule has 1 saturated heterocycles. The molecule has 3 aromatic heterocycles. The van der Waals surface area contributed by atoms with Gasteiger partial charge in [-0.25, -0.2) is 14.4 Å². The predicted molar refractivity (Wildman–Crippen MR) is 138 cm³/mol. The van der Waals surface area contributed by atoms with Gasteiger partial charge in [-0.1, -0.05) is 6.07 Å². The van der Waals surface area contributed by atoms with Crippen LogP contribution in [0.2, 0.25) is 0 Å². The number of piperazine rings is 1. The normalized spacial score (nSPS) is 15.4. The third kappa shape index (κ3) is 5.25. The molecule has 8 nitrogen and oxygen atoms in total. The molecule has 5 rings (SSSR count). The fourth-order valence-electron chi connectivity index (χ4n) is 4.55. The number of aryl methyl sites for hydroxylation is 2. The second-order valence-corrected chi connectivity index (χ2v) is 10.2. The summed E-state index contributed by atoms with van der Waals surface area (Å²) in [5, 5.41) is 3.96. The van der Waals surface area contributed by atoms with Gasteiger partial charge in [-0.15, -0.1) is 11.3 Å². The summed E-state index contributed by atoms with van der Waals surface area (Å²) in [5.74, 6) is 0.0256. The van der Waals surface area contributed by atoms with Gasteiger partial charge in [0, 0.05) is 50.5 Å². The highest BCUT2D eigenvalue weighted by Gasteiger charge is 2.26. The Hall–Kier alpha value is -3.34. The molecule has 0 unspecified atom stereocenters. The lowest BCUT2D eigenvalue weighted by Crippen LogP contribution is -2.53. The fraction of sp³-hybridized carbons (Fsp3) is 0.346. The number of carbonyl (C=O) groups is 1. The van der Waals surface area contributed by atoms with Crippen LogP contribution >= 0.6 is 11.3 Å². The van der Waals surface area contributed by atoms with Crippen molar-refractivity contribution in [2.75, 3.05) is 26.2 Å². The number of fused-ring (bicyclic) bond motifs is 1. The quantitative estimate of drug-likeness (QED) is 0.394. The van der Waals surface area contributed by atoms with E-state index >= 15 is 0 Å². The fourth-order valence-corrected chi connectivity index (χ4v) is 5.16. The number of hydrogen-bond donors (Lipinski definition) is 2. The van der Waals surface area contributed by atoms with E-state index < -0.39 is 11.9 Å². The van der Waals surface area contributed by atoms with Crippen LogP contribution in [0, 0.1) is 19.7 Å². The maximum Gasteiger partial charge on any atom is 0.239 e. The van der Waals surface area contributed by atoms with Crippen LogP contribution in [0.5, 0.6) is 11.5 Å². The summed E-state index contributed by atoms with van der Waals surface area (Å²) < 4.78 is 20.8. The third-order valence-corrected chi connectivity index (χ3v) is 7.28. The number of thiazole rings is 1. The van der Waals surface area contributed by atoms with Gasteiger partial charge in [0.05, 0.1) is 22.1 Å². The van der Waals surface area contributed by atoms with Gasteiger partial charge in [-0.3, -0.25) is 9.69 Å². The Labute approximate surface area is 212 Å². The number of hydrogen-bond acceptors (Lipinski definition) is 7. The summed E-state index contributed by atoms with van der Waals surface area (Å²) >= 11 is 1.65. The van der Waals surface area contributed by atoms with Crippen molar-refractivity contribution in [2.24, 2.45) is 5.73 Å². The van der Waals surface area contributed by atoms with Gasteiger partial charge in [0.15, 0.2) is 11.6 Å². The standard InChI is InChI=1S/C26H29FN6O2S/c1-16-13-30-25-24(16)23(5-6-29-25)35-22-4-3-18(11-20(22)27)12-21(28)26(34)33-9-7-32(8-10-33)14-19-15-36-17(2)31-19/h3-6,11,13,15,21H,7-10,12,14,28H2,1-2H3,(H,29,30)/t21-/m0/s1. The van der Waals surface area contributed by atoms with Gasteiger partial charge in [-0.05, 0) is 49.6 Å². The number of nitrogens with one attached hydrogen (secondary N) is 1. The maximum atomic E-state index is 14.9. The summed E-state index contributed by atoms with van der Waals surface area (Å²) in [7, 11) is 0. The van der Waals surface area contributed by atoms with Crippen molar-refractivity contribution in [3.05, 3.63) is 69.7 Å². The molecule has 0 aliphatic carbocycles. The molecule has 4 heterocycles. The van der Waals surface area contributed by atoms with E-state index in [1.807, 2.05) is 20.0 Å². The van der Waals surface area contributed by atoms with E-state index in [1.54, 1.807) is 40.6 Å². The molecule has 36 heavy (non-hydrogen) atoms. The van der Waals surface area contributed by atoms with E-state index in [4.69, 9.17) is 10.5 Å². The van der Waals surface area contributed by atoms with Crippen LogP contribution in [0.4, 0.5) is 4.39 Å². The van der Waals surface area contributed by atoms with Crippen LogP contribution in [0.3, 0.4) is 0 Å². The number of nitrogens with zero attached hydrogens (tertiary/aromatic N) is 4. The molecule has 1 aromatic carbocycles. The lowest BCUT2D eigenvalue weighted by Gasteiger charge is -2.35. The minimum Gasteiger partial charge on any atom is -0.453 e. The lowest BCUT2D eigenvalue weighted by atomic mass is 10.0. The first-order valence-corrected chi connectivity index (χ1v) is 12.8. The molecule has 1 aliphatic heterocycles. The Kier molecular flexibility index (Phi) is 6.99. The van der Waals surface area contributed by atoms with Crippen molar-refractivity contribution in [3.63, 3.8) is 0 Å². The smallest absolute Gasteiger partial charge is 0.239 e. The molecular formula is C26H29FN6O2S. The Bertz CT molecular complexity index is 1380. The lowest BCUT2D eigenvalue weighted by molar-refractivity contribution is -0.134. The number of H-pyrrole nitrogens is 1. The van der Waals surface area contributed by atoms with E-state index in [2.05, 4.69) is 25.2 Å². The molecule has 0 radical (unpaired) electrons. The van der Waals surface area contributed by atoms with Crippen molar-refractivity contribution in [1.29, 1.82) is 0 Å². The SMILES string of the molecule is Cc1nc(CN2CCN(C(=O)[C@@H](N)Cc3ccc(Oc4ccnc5[nH]cc(C)c45)c(F)c3)CC2)cs1. The number of carbonyl (C=O) groups excluding carboxylic acids is 1. The molecule has 1 atom stereocenters. The Balaban J connectivity index is 1.17. The summed E-state index contributed by atoms with van der Waals surface area (Å²) in [6, 6.07) is 5.70. The molecule has 0 saturated carbocycles. The van der Waals surface area contributed by atoms with Crippen molar-refractivity contribution in [1.82, 2.24) is 24.8 Å². The number of aromatic amines is 1. The summed E-state index contributed by atoms with van der Waals surface area (Å²) in [5.41, 5.74) is 9.61. The molecular weight excluding hydrogens is 479 g/mol. The van der Waals surface area contributed by atoms with Crippen LogP contribution < -0.4 is 10.5 Å². The monoisotopic (exact) mass is 508 g/mol. The number of benzene rings is 1. The van der Waals surface area contributed by atoms with E-state index in [9.17, 15) is 9.18 Å². The van der Waals surface area contributed by atoms with Gasteiger partial charge in [0.25, 0.3) is 0 Å². The van der Waals surface area contributed by atoms with Gasteiger partial charge in [-0.2, -0.15) is 0 Å². The Morgan fingerprint density at radius 3 is 2.75 bits per heavy atom. The van der Waals surface area contributed by atoms with Crippen molar-refractivity contribution in [3.8, 4) is 11.5 Å². The minimum atomic E-state index is -0.730. The van der Waals surface area contributed by atoms with E-state index in [-0.39, 0.29) is 18.1 Å². The minimum absolute atomic E-state index is 0.109. The molecule has 4 aromatic rings. The number of aromatic nitrogens is 3. The van der Waals surface area contributed by atoms with Crippen molar-refractivity contribution in [2.45, 2.75) is 32.9 Å². The largest absolute Gasteiger partial charge is 0.453 e. The highest BCUT2D eigenvalue weighted by molar-refractivity contribution is 7.09. The summed E-state index contributed by atoms with van der Waals surface area (Å²) in [6.45, 7) is 7.53. The summed E-state index contributed by atoms with van der Waals surface area (Å²) in [6.07, 6.45) is 3.71. The second kappa shape index (κ2) is 10.3. The van der Waals surface area contributed by atoms with Gasteiger partial charge in [0.1, 0.15) is 11.4 Å². The Morgan fingerprint density at radius 1 is 1.22 bits per heavy atom. The van der Waals surface area contributed by atoms with Crippen molar-refractivity contribution >= 4 is 28.3 Å². The topological polar surface area (TPSA) is 100 Å². The zero-order valence-electron chi connectivity index (χ0n) is 20.3. The number of halogens is 1. The predicted octanol–water partition coefficient (Wildman–Crippen LogP) is 3.78. The zero-order chi connectivity index (χ0) is 25.2.